The summed E-state index contributed by atoms with van der Waals surface area (Å²) in [6, 6.07) is 6.98. The molecule has 2 atom stereocenters. The van der Waals surface area contributed by atoms with Crippen molar-refractivity contribution >= 4 is 0 Å². The topological polar surface area (TPSA) is 38.5 Å². The van der Waals surface area contributed by atoms with E-state index >= 15 is 0 Å². The minimum atomic E-state index is 0.671. The lowest BCUT2D eigenvalue weighted by Gasteiger charge is -2.20. The molecule has 2 unspecified atom stereocenters. The lowest BCUT2D eigenvalue weighted by molar-refractivity contribution is 0.227. The van der Waals surface area contributed by atoms with E-state index in [0.29, 0.717) is 12.0 Å². The third kappa shape index (κ3) is 3.97. The molecular formula is C17H28N2O. The second-order valence-electron chi connectivity index (χ2n) is 6.13. The van der Waals surface area contributed by atoms with Crippen molar-refractivity contribution in [2.75, 3.05) is 26.2 Å². The number of aryl methyl sites for hydroxylation is 2. The van der Waals surface area contributed by atoms with Gasteiger partial charge in [0.1, 0.15) is 5.75 Å². The van der Waals surface area contributed by atoms with E-state index in [1.165, 1.54) is 17.5 Å². The predicted molar refractivity (Wildman–Crippen MR) is 84.2 cm³/mol. The molecule has 3 heteroatoms. The Labute approximate surface area is 123 Å². The summed E-state index contributed by atoms with van der Waals surface area (Å²) in [7, 11) is 0. The van der Waals surface area contributed by atoms with Crippen LogP contribution in [0.4, 0.5) is 0 Å². The van der Waals surface area contributed by atoms with Crippen molar-refractivity contribution in [1.82, 2.24) is 4.90 Å². The van der Waals surface area contributed by atoms with Crippen LogP contribution in [0.2, 0.25) is 0 Å². The fourth-order valence-corrected chi connectivity index (χ4v) is 2.96. The maximum absolute atomic E-state index is 5.84. The van der Waals surface area contributed by atoms with Crippen LogP contribution < -0.4 is 10.5 Å². The molecule has 0 spiro atoms. The van der Waals surface area contributed by atoms with Gasteiger partial charge in [0.15, 0.2) is 0 Å². The lowest BCUT2D eigenvalue weighted by Crippen LogP contribution is -2.29. The molecule has 1 aliphatic heterocycles. The van der Waals surface area contributed by atoms with Crippen molar-refractivity contribution in [2.24, 2.45) is 11.7 Å². The summed E-state index contributed by atoms with van der Waals surface area (Å²) in [5.41, 5.74) is 8.37. The number of nitrogens with two attached hydrogens (primary N) is 1. The van der Waals surface area contributed by atoms with Gasteiger partial charge in [-0.25, -0.2) is 0 Å². The Kier molecular flexibility index (Phi) is 5.44. The minimum Gasteiger partial charge on any atom is -0.494 e. The fourth-order valence-electron chi connectivity index (χ4n) is 2.96. The average molecular weight is 276 g/mol. The standard InChI is InChI=1S/C17H28N2O/c1-13-5-6-17(9-14(13)2)20-8-4-7-19-12-16(11-18)10-15(19)3/h5-6,9,15-16H,4,7-8,10-12,18H2,1-3H3. The predicted octanol–water partition coefficient (Wildman–Crippen LogP) is 2.74. The molecule has 1 aliphatic rings. The summed E-state index contributed by atoms with van der Waals surface area (Å²) in [6.07, 6.45) is 2.32. The summed E-state index contributed by atoms with van der Waals surface area (Å²) >= 11 is 0. The lowest BCUT2D eigenvalue weighted by atomic mass is 10.1. The summed E-state index contributed by atoms with van der Waals surface area (Å²) in [4.78, 5) is 2.54. The SMILES string of the molecule is Cc1ccc(OCCCN2CC(CN)CC2C)cc1C. The van der Waals surface area contributed by atoms with Gasteiger partial charge in [0.05, 0.1) is 6.61 Å². The van der Waals surface area contributed by atoms with Gasteiger partial charge in [0.25, 0.3) is 0 Å². The van der Waals surface area contributed by atoms with Crippen molar-refractivity contribution in [3.05, 3.63) is 29.3 Å². The Morgan fingerprint density at radius 3 is 2.75 bits per heavy atom. The van der Waals surface area contributed by atoms with E-state index in [-0.39, 0.29) is 0 Å². The zero-order chi connectivity index (χ0) is 14.5. The molecule has 20 heavy (non-hydrogen) atoms. The van der Waals surface area contributed by atoms with E-state index in [9.17, 15) is 0 Å². The van der Waals surface area contributed by atoms with E-state index in [1.807, 2.05) is 0 Å². The molecule has 1 saturated heterocycles. The quantitative estimate of drug-likeness (QED) is 0.812. The molecule has 1 aromatic rings. The molecule has 0 saturated carbocycles. The van der Waals surface area contributed by atoms with Crippen molar-refractivity contribution in [3.63, 3.8) is 0 Å². The zero-order valence-corrected chi connectivity index (χ0v) is 13.1. The number of likely N-dealkylation sites (tertiary alicyclic amines) is 1. The Morgan fingerprint density at radius 1 is 1.30 bits per heavy atom. The highest BCUT2D eigenvalue weighted by Crippen LogP contribution is 2.22. The molecule has 0 aromatic heterocycles. The number of ether oxygens (including phenoxy) is 1. The fraction of sp³-hybridized carbons (Fsp3) is 0.647. The van der Waals surface area contributed by atoms with E-state index < -0.39 is 0 Å². The minimum absolute atomic E-state index is 0.671. The Morgan fingerprint density at radius 2 is 2.10 bits per heavy atom. The third-order valence-corrected chi connectivity index (χ3v) is 4.46. The highest BCUT2D eigenvalue weighted by Gasteiger charge is 2.27. The van der Waals surface area contributed by atoms with Gasteiger partial charge in [-0.1, -0.05) is 6.07 Å². The first-order valence-electron chi connectivity index (χ1n) is 7.74. The van der Waals surface area contributed by atoms with Crippen LogP contribution in [0.5, 0.6) is 5.75 Å². The second kappa shape index (κ2) is 7.09. The third-order valence-electron chi connectivity index (χ3n) is 4.46. The average Bonchev–Trinajstić information content (AvgIpc) is 2.79. The Balaban J connectivity index is 1.70. The monoisotopic (exact) mass is 276 g/mol. The van der Waals surface area contributed by atoms with Crippen LogP contribution in [0.25, 0.3) is 0 Å². The van der Waals surface area contributed by atoms with Crippen molar-refractivity contribution in [1.29, 1.82) is 0 Å². The highest BCUT2D eigenvalue weighted by atomic mass is 16.5. The van der Waals surface area contributed by atoms with E-state index in [4.69, 9.17) is 10.5 Å². The normalized spacial score (nSPS) is 23.2. The molecule has 1 heterocycles. The van der Waals surface area contributed by atoms with Crippen LogP contribution in [0, 0.1) is 19.8 Å². The number of hydrogen-bond donors (Lipinski definition) is 1. The van der Waals surface area contributed by atoms with Crippen molar-refractivity contribution in [2.45, 2.75) is 39.7 Å². The summed E-state index contributed by atoms with van der Waals surface area (Å²) in [5.74, 6) is 1.67. The van der Waals surface area contributed by atoms with E-state index in [2.05, 4.69) is 43.9 Å². The van der Waals surface area contributed by atoms with E-state index in [1.54, 1.807) is 0 Å². The molecule has 112 valence electrons. The van der Waals surface area contributed by atoms with Crippen LogP contribution in [0.15, 0.2) is 18.2 Å². The molecular weight excluding hydrogens is 248 g/mol. The smallest absolute Gasteiger partial charge is 0.119 e. The van der Waals surface area contributed by atoms with Gasteiger partial charge in [-0.2, -0.15) is 0 Å². The van der Waals surface area contributed by atoms with Crippen molar-refractivity contribution < 1.29 is 4.74 Å². The maximum atomic E-state index is 5.84. The number of rotatable bonds is 6. The van der Waals surface area contributed by atoms with E-state index in [0.717, 1.165) is 38.4 Å². The first-order chi connectivity index (χ1) is 9.60. The molecule has 0 radical (unpaired) electrons. The van der Waals surface area contributed by atoms with Gasteiger partial charge in [-0.3, -0.25) is 0 Å². The largest absolute Gasteiger partial charge is 0.494 e. The maximum Gasteiger partial charge on any atom is 0.119 e. The molecule has 1 aromatic carbocycles. The highest BCUT2D eigenvalue weighted by molar-refractivity contribution is 5.33. The molecule has 0 bridgehead atoms. The van der Waals surface area contributed by atoms with Crippen LogP contribution in [-0.4, -0.2) is 37.2 Å². The number of benzene rings is 1. The van der Waals surface area contributed by atoms with Crippen LogP contribution in [-0.2, 0) is 0 Å². The van der Waals surface area contributed by atoms with Gasteiger partial charge >= 0.3 is 0 Å². The number of nitrogens with zero attached hydrogens (tertiary/aromatic N) is 1. The number of hydrogen-bond acceptors (Lipinski definition) is 3. The van der Waals surface area contributed by atoms with Crippen LogP contribution in [0.3, 0.4) is 0 Å². The van der Waals surface area contributed by atoms with Crippen molar-refractivity contribution in [3.8, 4) is 5.75 Å². The summed E-state index contributed by atoms with van der Waals surface area (Å²) < 4.78 is 5.84. The first kappa shape index (κ1) is 15.3. The molecule has 2 rings (SSSR count). The van der Waals surface area contributed by atoms with Gasteiger partial charge in [0.2, 0.25) is 0 Å². The molecule has 0 aliphatic carbocycles. The molecule has 3 nitrogen and oxygen atoms in total. The Hall–Kier alpha value is -1.06. The first-order valence-corrected chi connectivity index (χ1v) is 7.74. The van der Waals surface area contributed by atoms with Gasteiger partial charge in [0, 0.05) is 19.1 Å². The second-order valence-corrected chi connectivity index (χ2v) is 6.13. The van der Waals surface area contributed by atoms with Gasteiger partial charge in [-0.15, -0.1) is 0 Å². The zero-order valence-electron chi connectivity index (χ0n) is 13.1. The van der Waals surface area contributed by atoms with Crippen LogP contribution in [0.1, 0.15) is 30.9 Å². The van der Waals surface area contributed by atoms with Gasteiger partial charge in [-0.05, 0) is 69.3 Å². The molecule has 1 fully saturated rings. The van der Waals surface area contributed by atoms with Crippen LogP contribution >= 0.6 is 0 Å². The molecule has 2 N–H and O–H groups in total. The molecule has 0 amide bonds. The summed E-state index contributed by atoms with van der Waals surface area (Å²) in [6.45, 7) is 10.4. The van der Waals surface area contributed by atoms with Gasteiger partial charge < -0.3 is 15.4 Å². The summed E-state index contributed by atoms with van der Waals surface area (Å²) in [5, 5.41) is 0. The Bertz CT molecular complexity index is 433.